The molecule has 0 unspecified atom stereocenters. The standard InChI is InChI=1S/C16H26N2O3S/c1-6-15(16(19)17-11-12(2)3)18(22(5,20)21)14-9-7-13(4)8-10-14/h7-10,12,15H,6,11H2,1-5H3,(H,17,19)/t15-/m1/s1. The van der Waals surface area contributed by atoms with Crippen molar-refractivity contribution in [2.75, 3.05) is 17.1 Å². The van der Waals surface area contributed by atoms with Gasteiger partial charge in [0.25, 0.3) is 0 Å². The zero-order chi connectivity index (χ0) is 16.9. The molecule has 0 aliphatic heterocycles. The Labute approximate surface area is 133 Å². The largest absolute Gasteiger partial charge is 0.354 e. The molecule has 1 N–H and O–H groups in total. The number of nitrogens with zero attached hydrogens (tertiary/aromatic N) is 1. The summed E-state index contributed by atoms with van der Waals surface area (Å²) in [7, 11) is -3.55. The minimum absolute atomic E-state index is 0.262. The van der Waals surface area contributed by atoms with E-state index in [4.69, 9.17) is 0 Å². The number of carbonyl (C=O) groups excluding carboxylic acids is 1. The zero-order valence-corrected chi connectivity index (χ0v) is 14.8. The molecule has 1 rings (SSSR count). The van der Waals surface area contributed by atoms with Gasteiger partial charge < -0.3 is 5.32 Å². The molecule has 22 heavy (non-hydrogen) atoms. The van der Waals surface area contributed by atoms with E-state index in [-0.39, 0.29) is 5.91 Å². The quantitative estimate of drug-likeness (QED) is 0.836. The lowest BCUT2D eigenvalue weighted by atomic mass is 10.1. The number of aryl methyl sites for hydroxylation is 1. The van der Waals surface area contributed by atoms with Crippen LogP contribution in [0.3, 0.4) is 0 Å². The fourth-order valence-electron chi connectivity index (χ4n) is 2.17. The van der Waals surface area contributed by atoms with Crippen molar-refractivity contribution < 1.29 is 13.2 Å². The molecule has 0 fully saturated rings. The number of benzene rings is 1. The van der Waals surface area contributed by atoms with Gasteiger partial charge in [-0.2, -0.15) is 0 Å². The van der Waals surface area contributed by atoms with Gasteiger partial charge in [-0.05, 0) is 31.4 Å². The van der Waals surface area contributed by atoms with Crippen LogP contribution in [0, 0.1) is 12.8 Å². The number of rotatable bonds is 7. The van der Waals surface area contributed by atoms with E-state index in [9.17, 15) is 13.2 Å². The van der Waals surface area contributed by atoms with Crippen LogP contribution in [0.4, 0.5) is 5.69 Å². The average molecular weight is 326 g/mol. The molecule has 0 bridgehead atoms. The maximum Gasteiger partial charge on any atom is 0.243 e. The Morgan fingerprint density at radius 3 is 2.18 bits per heavy atom. The number of hydrogen-bond donors (Lipinski definition) is 1. The first-order chi connectivity index (χ1) is 10.2. The van der Waals surface area contributed by atoms with Gasteiger partial charge in [-0.1, -0.05) is 38.5 Å². The van der Waals surface area contributed by atoms with E-state index in [1.54, 1.807) is 12.1 Å². The minimum Gasteiger partial charge on any atom is -0.354 e. The summed E-state index contributed by atoms with van der Waals surface area (Å²) in [5, 5.41) is 2.82. The second-order valence-electron chi connectivity index (χ2n) is 5.96. The first-order valence-electron chi connectivity index (χ1n) is 7.50. The van der Waals surface area contributed by atoms with Crippen molar-refractivity contribution in [1.82, 2.24) is 5.32 Å². The maximum absolute atomic E-state index is 12.4. The molecular weight excluding hydrogens is 300 g/mol. The summed E-state index contributed by atoms with van der Waals surface area (Å²) in [6.07, 6.45) is 1.54. The zero-order valence-electron chi connectivity index (χ0n) is 14.0. The van der Waals surface area contributed by atoms with Crippen molar-refractivity contribution in [2.45, 2.75) is 40.2 Å². The van der Waals surface area contributed by atoms with Crippen molar-refractivity contribution in [3.63, 3.8) is 0 Å². The molecule has 1 aromatic rings. The number of nitrogens with one attached hydrogen (secondary N) is 1. The first kappa shape index (κ1) is 18.5. The van der Waals surface area contributed by atoms with Gasteiger partial charge in [-0.3, -0.25) is 9.10 Å². The number of sulfonamides is 1. The number of hydrogen-bond acceptors (Lipinski definition) is 3. The highest BCUT2D eigenvalue weighted by atomic mass is 32.2. The molecule has 0 aliphatic carbocycles. The first-order valence-corrected chi connectivity index (χ1v) is 9.35. The lowest BCUT2D eigenvalue weighted by Gasteiger charge is -2.30. The number of anilines is 1. The maximum atomic E-state index is 12.4. The smallest absolute Gasteiger partial charge is 0.243 e. The molecule has 6 heteroatoms. The van der Waals surface area contributed by atoms with Crippen LogP contribution in [-0.2, 0) is 14.8 Å². The van der Waals surface area contributed by atoms with E-state index in [0.29, 0.717) is 24.6 Å². The summed E-state index contributed by atoms with van der Waals surface area (Å²) in [5.41, 5.74) is 1.55. The highest BCUT2D eigenvalue weighted by Crippen LogP contribution is 2.22. The predicted molar refractivity (Wildman–Crippen MR) is 90.4 cm³/mol. The van der Waals surface area contributed by atoms with Crippen LogP contribution in [0.15, 0.2) is 24.3 Å². The van der Waals surface area contributed by atoms with Gasteiger partial charge >= 0.3 is 0 Å². The lowest BCUT2D eigenvalue weighted by Crippen LogP contribution is -2.49. The predicted octanol–water partition coefficient (Wildman–Crippen LogP) is 2.31. The Hall–Kier alpha value is -1.56. The fraction of sp³-hybridized carbons (Fsp3) is 0.562. The van der Waals surface area contributed by atoms with Crippen LogP contribution in [0.25, 0.3) is 0 Å². The van der Waals surface area contributed by atoms with Crippen molar-refractivity contribution in [3.8, 4) is 0 Å². The van der Waals surface area contributed by atoms with Gasteiger partial charge in [0.1, 0.15) is 6.04 Å². The third-order valence-corrected chi connectivity index (χ3v) is 4.48. The third kappa shape index (κ3) is 5.02. The lowest BCUT2D eigenvalue weighted by molar-refractivity contribution is -0.122. The Balaban J connectivity index is 3.14. The molecule has 0 saturated carbocycles. The molecule has 1 atom stereocenters. The summed E-state index contributed by atoms with van der Waals surface area (Å²) in [6.45, 7) is 8.26. The summed E-state index contributed by atoms with van der Waals surface area (Å²) in [5.74, 6) is 0.0507. The highest BCUT2D eigenvalue weighted by Gasteiger charge is 2.31. The summed E-state index contributed by atoms with van der Waals surface area (Å²) < 4.78 is 25.6. The molecule has 0 spiro atoms. The van der Waals surface area contributed by atoms with E-state index >= 15 is 0 Å². The van der Waals surface area contributed by atoms with Crippen molar-refractivity contribution >= 4 is 21.6 Å². The third-order valence-electron chi connectivity index (χ3n) is 3.30. The van der Waals surface area contributed by atoms with E-state index in [2.05, 4.69) is 5.32 Å². The van der Waals surface area contributed by atoms with E-state index < -0.39 is 16.1 Å². The van der Waals surface area contributed by atoms with Crippen LogP contribution in [0.5, 0.6) is 0 Å². The van der Waals surface area contributed by atoms with Crippen molar-refractivity contribution in [3.05, 3.63) is 29.8 Å². The highest BCUT2D eigenvalue weighted by molar-refractivity contribution is 7.92. The average Bonchev–Trinajstić information content (AvgIpc) is 2.42. The molecule has 0 aromatic heterocycles. The Morgan fingerprint density at radius 2 is 1.77 bits per heavy atom. The van der Waals surface area contributed by atoms with E-state index in [0.717, 1.165) is 11.8 Å². The van der Waals surface area contributed by atoms with Gasteiger partial charge in [0.15, 0.2) is 0 Å². The van der Waals surface area contributed by atoms with Crippen LogP contribution in [0.1, 0.15) is 32.8 Å². The summed E-state index contributed by atoms with van der Waals surface area (Å²) in [6, 6.07) is 6.40. The van der Waals surface area contributed by atoms with Gasteiger partial charge in [-0.15, -0.1) is 0 Å². The summed E-state index contributed by atoms with van der Waals surface area (Å²) >= 11 is 0. The molecule has 5 nitrogen and oxygen atoms in total. The normalized spacial score (nSPS) is 13.0. The minimum atomic E-state index is -3.55. The van der Waals surface area contributed by atoms with E-state index in [1.807, 2.05) is 39.8 Å². The molecule has 0 saturated heterocycles. The van der Waals surface area contributed by atoms with Crippen LogP contribution in [0.2, 0.25) is 0 Å². The molecule has 1 aromatic carbocycles. The molecule has 0 heterocycles. The molecular formula is C16H26N2O3S. The van der Waals surface area contributed by atoms with Crippen molar-refractivity contribution in [1.29, 1.82) is 0 Å². The number of amides is 1. The van der Waals surface area contributed by atoms with E-state index in [1.165, 1.54) is 4.31 Å². The second-order valence-corrected chi connectivity index (χ2v) is 7.82. The Kier molecular flexibility index (Phi) is 6.41. The van der Waals surface area contributed by atoms with Gasteiger partial charge in [0, 0.05) is 6.54 Å². The van der Waals surface area contributed by atoms with Crippen molar-refractivity contribution in [2.24, 2.45) is 5.92 Å². The molecule has 0 aliphatic rings. The SMILES string of the molecule is CC[C@H](C(=O)NCC(C)C)N(c1ccc(C)cc1)S(C)(=O)=O. The van der Waals surface area contributed by atoms with Crippen LogP contribution < -0.4 is 9.62 Å². The summed E-state index contributed by atoms with van der Waals surface area (Å²) in [4.78, 5) is 12.4. The fourth-order valence-corrected chi connectivity index (χ4v) is 3.39. The molecule has 124 valence electrons. The van der Waals surface area contributed by atoms with Gasteiger partial charge in [-0.25, -0.2) is 8.42 Å². The Bertz CT molecular complexity index is 594. The topological polar surface area (TPSA) is 66.5 Å². The second kappa shape index (κ2) is 7.63. The van der Waals surface area contributed by atoms with Crippen LogP contribution in [-0.4, -0.2) is 33.2 Å². The van der Waals surface area contributed by atoms with Gasteiger partial charge in [0.05, 0.1) is 11.9 Å². The molecule has 0 radical (unpaired) electrons. The van der Waals surface area contributed by atoms with Crippen LogP contribution >= 0.6 is 0 Å². The Morgan fingerprint density at radius 1 is 1.23 bits per heavy atom. The number of carbonyl (C=O) groups is 1. The monoisotopic (exact) mass is 326 g/mol. The van der Waals surface area contributed by atoms with Gasteiger partial charge in [0.2, 0.25) is 15.9 Å². The molecule has 1 amide bonds.